The van der Waals surface area contributed by atoms with Crippen molar-refractivity contribution >= 4 is 5.91 Å². The van der Waals surface area contributed by atoms with Crippen molar-refractivity contribution in [2.24, 2.45) is 0 Å². The molecule has 34 heavy (non-hydrogen) atoms. The highest BCUT2D eigenvalue weighted by atomic mass is 16.7. The van der Waals surface area contributed by atoms with Gasteiger partial charge in [0, 0.05) is 6.92 Å². The van der Waals surface area contributed by atoms with Crippen molar-refractivity contribution in [2.75, 3.05) is 13.2 Å². The van der Waals surface area contributed by atoms with Crippen LogP contribution in [0, 0.1) is 0 Å². The van der Waals surface area contributed by atoms with Crippen LogP contribution in [0.15, 0.2) is 0 Å². The van der Waals surface area contributed by atoms with Crippen molar-refractivity contribution in [3.8, 4) is 0 Å². The van der Waals surface area contributed by atoms with Crippen molar-refractivity contribution in [3.63, 3.8) is 0 Å². The fraction of sp³-hybridized carbons (Fsp3) is 0.958. The predicted molar refractivity (Wildman–Crippen MR) is 126 cm³/mol. The Kier molecular flexibility index (Phi) is 16.1. The zero-order valence-electron chi connectivity index (χ0n) is 20.7. The third kappa shape index (κ3) is 11.3. The standard InChI is InChI=1S/C24H47NO9/c1-3-4-5-6-7-8-9-10-11-12-13-18(28)20(29)17(25-16(2)27)15-33-24-23(32)22(31)21(30)19(14-26)34-24/h17-24,26,28-32H,3-15H2,1-2H3,(H,25,27). The highest BCUT2D eigenvalue weighted by Gasteiger charge is 2.44. The Balaban J connectivity index is 2.41. The number of aliphatic hydroxyl groups is 6. The molecule has 0 aromatic rings. The molecule has 1 heterocycles. The molecule has 0 radical (unpaired) electrons. The molecule has 0 aromatic heterocycles. The second-order valence-electron chi connectivity index (χ2n) is 9.37. The first-order valence-electron chi connectivity index (χ1n) is 12.8. The Morgan fingerprint density at radius 2 is 1.47 bits per heavy atom. The number of carbonyl (C=O) groups is 1. The van der Waals surface area contributed by atoms with Gasteiger partial charge in [-0.05, 0) is 6.42 Å². The highest BCUT2D eigenvalue weighted by Crippen LogP contribution is 2.22. The lowest BCUT2D eigenvalue weighted by atomic mass is 9.98. The van der Waals surface area contributed by atoms with E-state index in [2.05, 4.69) is 12.2 Å². The van der Waals surface area contributed by atoms with E-state index >= 15 is 0 Å². The number of hydrogen-bond acceptors (Lipinski definition) is 9. The van der Waals surface area contributed by atoms with Gasteiger partial charge in [0.15, 0.2) is 6.29 Å². The number of hydrogen-bond donors (Lipinski definition) is 7. The Labute approximate surface area is 203 Å². The van der Waals surface area contributed by atoms with Gasteiger partial charge in [0.25, 0.3) is 0 Å². The summed E-state index contributed by atoms with van der Waals surface area (Å²) in [5.74, 6) is -0.437. The topological polar surface area (TPSA) is 169 Å². The zero-order chi connectivity index (χ0) is 25.5. The molecule has 0 spiro atoms. The molecule has 1 amide bonds. The second-order valence-corrected chi connectivity index (χ2v) is 9.37. The van der Waals surface area contributed by atoms with Crippen molar-refractivity contribution in [1.29, 1.82) is 0 Å². The Morgan fingerprint density at radius 3 is 2.00 bits per heavy atom. The van der Waals surface area contributed by atoms with Crippen LogP contribution in [-0.4, -0.2) is 98.7 Å². The van der Waals surface area contributed by atoms with Gasteiger partial charge in [-0.2, -0.15) is 0 Å². The summed E-state index contributed by atoms with van der Waals surface area (Å²) in [5, 5.41) is 62.6. The quantitative estimate of drug-likeness (QED) is 0.133. The first-order valence-corrected chi connectivity index (χ1v) is 12.8. The third-order valence-corrected chi connectivity index (χ3v) is 6.34. The highest BCUT2D eigenvalue weighted by molar-refractivity contribution is 5.73. The average Bonchev–Trinajstić information content (AvgIpc) is 2.81. The van der Waals surface area contributed by atoms with E-state index in [0.29, 0.717) is 6.42 Å². The summed E-state index contributed by atoms with van der Waals surface area (Å²) < 4.78 is 10.7. The third-order valence-electron chi connectivity index (χ3n) is 6.34. The van der Waals surface area contributed by atoms with Crippen LogP contribution in [0.5, 0.6) is 0 Å². The fourth-order valence-electron chi connectivity index (χ4n) is 4.17. The molecule has 1 rings (SSSR count). The van der Waals surface area contributed by atoms with E-state index < -0.39 is 61.5 Å². The van der Waals surface area contributed by atoms with E-state index in [9.17, 15) is 35.4 Å². The number of unbranched alkanes of at least 4 members (excludes halogenated alkanes) is 9. The molecule has 10 heteroatoms. The van der Waals surface area contributed by atoms with Crippen LogP contribution in [-0.2, 0) is 14.3 Å². The van der Waals surface area contributed by atoms with Crippen LogP contribution in [0.1, 0.15) is 84.5 Å². The van der Waals surface area contributed by atoms with Gasteiger partial charge in [-0.25, -0.2) is 0 Å². The summed E-state index contributed by atoms with van der Waals surface area (Å²) in [7, 11) is 0. The Hall–Kier alpha value is -0.850. The molecule has 0 saturated carbocycles. The molecule has 10 nitrogen and oxygen atoms in total. The van der Waals surface area contributed by atoms with E-state index in [0.717, 1.165) is 25.7 Å². The minimum atomic E-state index is -1.60. The summed E-state index contributed by atoms with van der Waals surface area (Å²) in [6.45, 7) is 2.55. The molecule has 1 fully saturated rings. The molecular formula is C24H47NO9. The molecule has 8 atom stereocenters. The molecule has 202 valence electrons. The van der Waals surface area contributed by atoms with E-state index in [1.165, 1.54) is 45.4 Å². The van der Waals surface area contributed by atoms with Gasteiger partial charge >= 0.3 is 0 Å². The van der Waals surface area contributed by atoms with E-state index in [4.69, 9.17) is 9.47 Å². The van der Waals surface area contributed by atoms with Crippen LogP contribution >= 0.6 is 0 Å². The number of carbonyl (C=O) groups excluding carboxylic acids is 1. The van der Waals surface area contributed by atoms with E-state index in [1.54, 1.807) is 0 Å². The number of nitrogens with one attached hydrogen (secondary N) is 1. The van der Waals surface area contributed by atoms with Gasteiger partial charge in [0.05, 0.1) is 25.4 Å². The summed E-state index contributed by atoms with van der Waals surface area (Å²) in [6, 6.07) is -0.983. The molecule has 0 aliphatic carbocycles. The van der Waals surface area contributed by atoms with E-state index in [-0.39, 0.29) is 6.61 Å². The Morgan fingerprint density at radius 1 is 0.912 bits per heavy atom. The van der Waals surface area contributed by atoms with Gasteiger partial charge in [-0.3, -0.25) is 4.79 Å². The SMILES string of the molecule is CCCCCCCCCCCCC(O)C(O)C(COC1OC(CO)C(O)C(O)C1O)NC(C)=O. The number of amides is 1. The molecule has 0 bridgehead atoms. The fourth-order valence-corrected chi connectivity index (χ4v) is 4.17. The van der Waals surface area contributed by atoms with Crippen molar-refractivity contribution in [3.05, 3.63) is 0 Å². The van der Waals surface area contributed by atoms with Gasteiger partial charge in [0.2, 0.25) is 5.91 Å². The van der Waals surface area contributed by atoms with Gasteiger partial charge in [-0.15, -0.1) is 0 Å². The molecule has 1 aliphatic heterocycles. The summed E-state index contributed by atoms with van der Waals surface area (Å²) in [5.41, 5.74) is 0. The smallest absolute Gasteiger partial charge is 0.217 e. The monoisotopic (exact) mass is 493 g/mol. The van der Waals surface area contributed by atoms with Crippen LogP contribution in [0.4, 0.5) is 0 Å². The van der Waals surface area contributed by atoms with Gasteiger partial charge in [-0.1, -0.05) is 71.1 Å². The average molecular weight is 494 g/mol. The number of aliphatic hydroxyl groups excluding tert-OH is 6. The summed E-state index contributed by atoms with van der Waals surface area (Å²) in [4.78, 5) is 11.6. The van der Waals surface area contributed by atoms with E-state index in [1.807, 2.05) is 0 Å². The first kappa shape index (κ1) is 31.2. The second kappa shape index (κ2) is 17.6. The molecular weight excluding hydrogens is 446 g/mol. The molecule has 0 aromatic carbocycles. The maximum Gasteiger partial charge on any atom is 0.217 e. The van der Waals surface area contributed by atoms with Crippen LogP contribution in [0.3, 0.4) is 0 Å². The van der Waals surface area contributed by atoms with Crippen molar-refractivity contribution in [2.45, 2.75) is 133 Å². The largest absolute Gasteiger partial charge is 0.394 e. The van der Waals surface area contributed by atoms with Crippen molar-refractivity contribution in [1.82, 2.24) is 5.32 Å². The Bertz CT molecular complexity index is 537. The molecule has 7 N–H and O–H groups in total. The summed E-state index contributed by atoms with van der Waals surface area (Å²) >= 11 is 0. The molecule has 1 aliphatic rings. The van der Waals surface area contributed by atoms with Crippen LogP contribution in [0.2, 0.25) is 0 Å². The number of rotatable bonds is 18. The zero-order valence-corrected chi connectivity index (χ0v) is 20.7. The minimum absolute atomic E-state index is 0.321. The van der Waals surface area contributed by atoms with Crippen LogP contribution in [0.25, 0.3) is 0 Å². The lowest BCUT2D eigenvalue weighted by molar-refractivity contribution is -0.303. The molecule has 8 unspecified atom stereocenters. The molecule has 1 saturated heterocycles. The van der Waals surface area contributed by atoms with Gasteiger partial charge < -0.3 is 45.4 Å². The lowest BCUT2D eigenvalue weighted by Crippen LogP contribution is -2.60. The normalized spacial score (nSPS) is 27.8. The lowest BCUT2D eigenvalue weighted by Gasteiger charge is -2.40. The first-order chi connectivity index (χ1) is 16.2. The van der Waals surface area contributed by atoms with Crippen LogP contribution < -0.4 is 5.32 Å². The maximum absolute atomic E-state index is 11.6. The van der Waals surface area contributed by atoms with Crippen molar-refractivity contribution < 1.29 is 44.9 Å². The van der Waals surface area contributed by atoms with Gasteiger partial charge in [0.1, 0.15) is 30.5 Å². The predicted octanol–water partition coefficient (Wildman–Crippen LogP) is 0.340. The summed E-state index contributed by atoms with van der Waals surface area (Å²) in [6.07, 6.45) is 2.29. The maximum atomic E-state index is 11.6. The minimum Gasteiger partial charge on any atom is -0.394 e. The number of ether oxygens (including phenoxy) is 2.